The summed E-state index contributed by atoms with van der Waals surface area (Å²) in [6.07, 6.45) is 3.62. The number of anilines is 1. The van der Waals surface area contributed by atoms with Crippen molar-refractivity contribution in [2.24, 2.45) is 10.7 Å². The lowest BCUT2D eigenvalue weighted by atomic mass is 10.2. The average molecular weight is 325 g/mol. The number of hydrogen-bond donors (Lipinski definition) is 2. The number of nitrogens with zero attached hydrogens (tertiary/aromatic N) is 3. The molecule has 0 spiro atoms. The third-order valence-corrected chi connectivity index (χ3v) is 3.78. The summed E-state index contributed by atoms with van der Waals surface area (Å²) in [6.45, 7) is 5.61. The van der Waals surface area contributed by atoms with E-state index in [1.165, 1.54) is 5.69 Å². The summed E-state index contributed by atoms with van der Waals surface area (Å²) in [5.41, 5.74) is 8.21. The van der Waals surface area contributed by atoms with Crippen molar-refractivity contribution in [3.8, 4) is 0 Å². The van der Waals surface area contributed by atoms with Gasteiger partial charge in [-0.25, -0.2) is 0 Å². The largest absolute Gasteiger partial charge is 0.372 e. The molecule has 0 fully saturated rings. The van der Waals surface area contributed by atoms with Crippen LogP contribution in [0, 0.1) is 0 Å². The van der Waals surface area contributed by atoms with Gasteiger partial charge in [-0.2, -0.15) is 0 Å². The number of aliphatic imine (C=N–C) groups is 1. The average Bonchev–Trinajstić information content (AvgIpc) is 2.63. The Morgan fingerprint density at radius 3 is 2.67 bits per heavy atom. The molecule has 0 bridgehead atoms. The van der Waals surface area contributed by atoms with Gasteiger partial charge in [0.2, 0.25) is 0 Å². The van der Waals surface area contributed by atoms with Crippen LogP contribution in [-0.2, 0) is 6.42 Å². The van der Waals surface area contributed by atoms with Gasteiger partial charge in [-0.05, 0) is 37.6 Å². The van der Waals surface area contributed by atoms with Crippen LogP contribution >= 0.6 is 0 Å². The Labute approximate surface area is 144 Å². The van der Waals surface area contributed by atoms with E-state index in [4.69, 9.17) is 5.73 Å². The number of hydrogen-bond acceptors (Lipinski definition) is 3. The molecule has 0 aliphatic rings. The van der Waals surface area contributed by atoms with E-state index in [1.807, 2.05) is 24.3 Å². The zero-order chi connectivity index (χ0) is 17.0. The molecule has 2 aromatic rings. The number of benzene rings is 1. The fourth-order valence-electron chi connectivity index (χ4n) is 2.49. The summed E-state index contributed by atoms with van der Waals surface area (Å²) >= 11 is 0. The quantitative estimate of drug-likeness (QED) is 0.422. The predicted octanol–water partition coefficient (Wildman–Crippen LogP) is 2.45. The van der Waals surface area contributed by atoms with Crippen LogP contribution in [0.25, 0.3) is 0 Å². The van der Waals surface area contributed by atoms with Gasteiger partial charge in [-0.1, -0.05) is 24.3 Å². The summed E-state index contributed by atoms with van der Waals surface area (Å²) in [6, 6.07) is 16.4. The number of pyridine rings is 1. The Bertz CT molecular complexity index is 598. The summed E-state index contributed by atoms with van der Waals surface area (Å²) in [7, 11) is 0. The standard InChI is InChI=1S/C19H27N5/c1-2-24(18-10-4-3-5-11-18)16-8-14-22-19(20)23-15-12-17-9-6-7-13-21-17/h3-7,9-11,13H,2,8,12,14-16H2,1H3,(H3,20,22,23). The van der Waals surface area contributed by atoms with E-state index in [0.29, 0.717) is 5.96 Å². The lowest BCUT2D eigenvalue weighted by Gasteiger charge is -2.22. The molecule has 24 heavy (non-hydrogen) atoms. The highest BCUT2D eigenvalue weighted by Gasteiger charge is 2.02. The van der Waals surface area contributed by atoms with Crippen LogP contribution in [-0.4, -0.2) is 37.1 Å². The smallest absolute Gasteiger partial charge is 0.188 e. The van der Waals surface area contributed by atoms with Crippen LogP contribution in [0.15, 0.2) is 59.7 Å². The summed E-state index contributed by atoms with van der Waals surface area (Å²) < 4.78 is 0. The van der Waals surface area contributed by atoms with Crippen LogP contribution < -0.4 is 16.0 Å². The van der Waals surface area contributed by atoms with Crippen LogP contribution in [0.2, 0.25) is 0 Å². The van der Waals surface area contributed by atoms with Crippen molar-refractivity contribution in [1.82, 2.24) is 10.3 Å². The number of para-hydroxylation sites is 1. The Morgan fingerprint density at radius 1 is 1.17 bits per heavy atom. The van der Waals surface area contributed by atoms with Crippen molar-refractivity contribution < 1.29 is 0 Å². The van der Waals surface area contributed by atoms with Gasteiger partial charge in [-0.15, -0.1) is 0 Å². The van der Waals surface area contributed by atoms with Gasteiger partial charge in [0.05, 0.1) is 0 Å². The highest BCUT2D eigenvalue weighted by molar-refractivity contribution is 5.77. The van der Waals surface area contributed by atoms with Gasteiger partial charge >= 0.3 is 0 Å². The van der Waals surface area contributed by atoms with E-state index in [1.54, 1.807) is 6.20 Å². The topological polar surface area (TPSA) is 66.5 Å². The molecule has 0 radical (unpaired) electrons. The highest BCUT2D eigenvalue weighted by atomic mass is 15.1. The van der Waals surface area contributed by atoms with Gasteiger partial charge in [0, 0.05) is 50.2 Å². The first-order valence-electron chi connectivity index (χ1n) is 8.53. The fraction of sp³-hybridized carbons (Fsp3) is 0.368. The SMILES string of the molecule is CCN(CCCN=C(N)NCCc1ccccn1)c1ccccc1. The molecule has 2 rings (SSSR count). The number of nitrogens with two attached hydrogens (primary N) is 1. The molecule has 5 heteroatoms. The second-order valence-electron chi connectivity index (χ2n) is 5.53. The third kappa shape index (κ3) is 6.28. The van der Waals surface area contributed by atoms with Crippen LogP contribution in [0.1, 0.15) is 19.0 Å². The Balaban J connectivity index is 1.65. The van der Waals surface area contributed by atoms with Crippen molar-refractivity contribution in [1.29, 1.82) is 0 Å². The minimum Gasteiger partial charge on any atom is -0.372 e. The molecule has 0 aliphatic carbocycles. The third-order valence-electron chi connectivity index (χ3n) is 3.78. The van der Waals surface area contributed by atoms with E-state index in [9.17, 15) is 0 Å². The van der Waals surface area contributed by atoms with Crippen molar-refractivity contribution in [3.05, 3.63) is 60.4 Å². The Kier molecular flexibility index (Phi) is 7.60. The van der Waals surface area contributed by atoms with Crippen molar-refractivity contribution in [2.75, 3.05) is 31.1 Å². The molecule has 0 unspecified atom stereocenters. The Morgan fingerprint density at radius 2 is 1.96 bits per heavy atom. The molecule has 0 saturated heterocycles. The minimum absolute atomic E-state index is 0.508. The summed E-state index contributed by atoms with van der Waals surface area (Å²) in [5, 5.41) is 3.14. The van der Waals surface area contributed by atoms with Gasteiger partial charge in [-0.3, -0.25) is 9.98 Å². The highest BCUT2D eigenvalue weighted by Crippen LogP contribution is 2.12. The first-order valence-corrected chi connectivity index (χ1v) is 8.53. The van der Waals surface area contributed by atoms with Crippen LogP contribution in [0.4, 0.5) is 5.69 Å². The first-order chi connectivity index (χ1) is 11.8. The van der Waals surface area contributed by atoms with Gasteiger partial charge < -0.3 is 16.0 Å². The molecular formula is C19H27N5. The molecule has 1 heterocycles. The molecule has 5 nitrogen and oxygen atoms in total. The van der Waals surface area contributed by atoms with Crippen molar-refractivity contribution >= 4 is 11.6 Å². The van der Waals surface area contributed by atoms with Crippen LogP contribution in [0.5, 0.6) is 0 Å². The number of rotatable bonds is 9. The normalized spacial score (nSPS) is 11.3. The molecular weight excluding hydrogens is 298 g/mol. The molecule has 128 valence electrons. The lowest BCUT2D eigenvalue weighted by molar-refractivity contribution is 0.748. The van der Waals surface area contributed by atoms with Crippen LogP contribution in [0.3, 0.4) is 0 Å². The molecule has 0 atom stereocenters. The predicted molar refractivity (Wildman–Crippen MR) is 101 cm³/mol. The number of aromatic nitrogens is 1. The van der Waals surface area contributed by atoms with Crippen molar-refractivity contribution in [2.45, 2.75) is 19.8 Å². The molecule has 0 aliphatic heterocycles. The molecule has 3 N–H and O–H groups in total. The zero-order valence-electron chi connectivity index (χ0n) is 14.4. The second kappa shape index (κ2) is 10.3. The van der Waals surface area contributed by atoms with Gasteiger partial charge in [0.15, 0.2) is 5.96 Å². The minimum atomic E-state index is 0.508. The Hall–Kier alpha value is -2.56. The molecule has 1 aromatic heterocycles. The molecule has 0 saturated carbocycles. The molecule has 0 amide bonds. The van der Waals surface area contributed by atoms with Crippen molar-refractivity contribution in [3.63, 3.8) is 0 Å². The summed E-state index contributed by atoms with van der Waals surface area (Å²) in [5.74, 6) is 0.508. The van der Waals surface area contributed by atoms with E-state index >= 15 is 0 Å². The maximum atomic E-state index is 5.90. The monoisotopic (exact) mass is 325 g/mol. The number of guanidine groups is 1. The van der Waals surface area contributed by atoms with E-state index in [0.717, 1.165) is 44.7 Å². The maximum Gasteiger partial charge on any atom is 0.188 e. The fourth-order valence-corrected chi connectivity index (χ4v) is 2.49. The van der Waals surface area contributed by atoms with Gasteiger partial charge in [0.1, 0.15) is 0 Å². The zero-order valence-corrected chi connectivity index (χ0v) is 14.4. The van der Waals surface area contributed by atoms with E-state index < -0.39 is 0 Å². The second-order valence-corrected chi connectivity index (χ2v) is 5.53. The van der Waals surface area contributed by atoms with E-state index in [-0.39, 0.29) is 0 Å². The summed E-state index contributed by atoms with van der Waals surface area (Å²) in [4.78, 5) is 11.0. The van der Waals surface area contributed by atoms with Gasteiger partial charge in [0.25, 0.3) is 0 Å². The first kappa shape index (κ1) is 17.8. The lowest BCUT2D eigenvalue weighted by Crippen LogP contribution is -2.33. The molecule has 1 aromatic carbocycles. The number of nitrogens with one attached hydrogen (secondary N) is 1. The maximum absolute atomic E-state index is 5.90. The van der Waals surface area contributed by atoms with E-state index in [2.05, 4.69) is 51.4 Å².